The number of aliphatic carboxylic acids is 1. The smallest absolute Gasteiger partial charge is 0.326 e. The highest BCUT2D eigenvalue weighted by Gasteiger charge is 2.25. The van der Waals surface area contributed by atoms with Crippen LogP contribution in [0, 0.1) is 5.92 Å². The zero-order valence-corrected chi connectivity index (χ0v) is 15.0. The normalized spacial score (nSPS) is 12.6. The molecule has 2 aromatic heterocycles. The number of carboxylic acids is 1. The molecule has 27 heavy (non-hydrogen) atoms. The van der Waals surface area contributed by atoms with Crippen molar-refractivity contribution in [3.63, 3.8) is 0 Å². The van der Waals surface area contributed by atoms with Gasteiger partial charge in [0.2, 0.25) is 0 Å². The first-order chi connectivity index (χ1) is 13.0. The Morgan fingerprint density at radius 3 is 2.44 bits per heavy atom. The summed E-state index contributed by atoms with van der Waals surface area (Å²) < 4.78 is 5.95. The third-order valence-electron chi connectivity index (χ3n) is 4.48. The zero-order chi connectivity index (χ0) is 19.0. The number of hydrogen-bond acceptors (Lipinski definition) is 5. The maximum atomic E-state index is 11.7. The van der Waals surface area contributed by atoms with E-state index in [0.717, 1.165) is 10.9 Å². The van der Waals surface area contributed by atoms with Crippen LogP contribution in [0.2, 0.25) is 0 Å². The fourth-order valence-electron chi connectivity index (χ4n) is 3.07. The average Bonchev–Trinajstić information content (AvgIpc) is 3.05. The van der Waals surface area contributed by atoms with E-state index in [-0.39, 0.29) is 5.92 Å². The van der Waals surface area contributed by atoms with E-state index < -0.39 is 12.0 Å². The molecule has 0 aliphatic heterocycles. The van der Waals surface area contributed by atoms with E-state index >= 15 is 0 Å². The molecular weight excluding hydrogens is 342 g/mol. The van der Waals surface area contributed by atoms with Crippen molar-refractivity contribution < 1.29 is 14.3 Å². The summed E-state index contributed by atoms with van der Waals surface area (Å²) in [7, 11) is 0. The first kappa shape index (κ1) is 17.0. The van der Waals surface area contributed by atoms with Crippen LogP contribution < -0.4 is 5.32 Å². The zero-order valence-electron chi connectivity index (χ0n) is 15.0. The molecule has 6 heteroatoms. The Labute approximate surface area is 155 Å². The number of carbonyl (C=O) groups is 1. The molecule has 0 spiro atoms. The fourth-order valence-corrected chi connectivity index (χ4v) is 3.07. The topological polar surface area (TPSA) is 88.3 Å². The number of benzene rings is 2. The van der Waals surface area contributed by atoms with Crippen molar-refractivity contribution in [3.05, 3.63) is 54.6 Å². The van der Waals surface area contributed by atoms with E-state index in [4.69, 9.17) is 9.40 Å². The largest absolute Gasteiger partial charge is 0.480 e. The summed E-state index contributed by atoms with van der Waals surface area (Å²) in [6, 6.07) is 16.4. The minimum atomic E-state index is -0.936. The predicted molar refractivity (Wildman–Crippen MR) is 105 cm³/mol. The van der Waals surface area contributed by atoms with Crippen LogP contribution in [0.1, 0.15) is 13.8 Å². The molecular formula is C21H19N3O3. The lowest BCUT2D eigenvalue weighted by atomic mass is 10.0. The third-order valence-corrected chi connectivity index (χ3v) is 4.48. The first-order valence-electron chi connectivity index (χ1n) is 8.78. The highest BCUT2D eigenvalue weighted by molar-refractivity contribution is 6.06. The Morgan fingerprint density at radius 2 is 1.74 bits per heavy atom. The van der Waals surface area contributed by atoms with Gasteiger partial charge in [0.25, 0.3) is 0 Å². The molecule has 0 aliphatic carbocycles. The van der Waals surface area contributed by atoms with Gasteiger partial charge in [-0.15, -0.1) is 0 Å². The van der Waals surface area contributed by atoms with Gasteiger partial charge in [0.15, 0.2) is 17.2 Å². The van der Waals surface area contributed by atoms with Crippen molar-refractivity contribution >= 4 is 33.9 Å². The van der Waals surface area contributed by atoms with E-state index in [1.807, 2.05) is 68.4 Å². The molecule has 2 aromatic carbocycles. The number of aromatic nitrogens is 2. The van der Waals surface area contributed by atoms with Gasteiger partial charge < -0.3 is 14.8 Å². The first-order valence-corrected chi connectivity index (χ1v) is 8.78. The minimum absolute atomic E-state index is 0.128. The van der Waals surface area contributed by atoms with E-state index in [0.29, 0.717) is 28.3 Å². The van der Waals surface area contributed by atoms with Crippen molar-refractivity contribution in [2.75, 3.05) is 5.32 Å². The third kappa shape index (κ3) is 3.10. The lowest BCUT2D eigenvalue weighted by Gasteiger charge is -2.18. The second-order valence-electron chi connectivity index (χ2n) is 6.74. The van der Waals surface area contributed by atoms with Crippen LogP contribution in [-0.4, -0.2) is 27.1 Å². The van der Waals surface area contributed by atoms with Crippen LogP contribution in [0.5, 0.6) is 0 Å². The summed E-state index contributed by atoms with van der Waals surface area (Å²) in [4.78, 5) is 21.0. The van der Waals surface area contributed by atoms with Gasteiger partial charge in [0.05, 0.1) is 0 Å². The number of hydrogen-bond donors (Lipinski definition) is 2. The van der Waals surface area contributed by atoms with Gasteiger partial charge in [-0.3, -0.25) is 0 Å². The van der Waals surface area contributed by atoms with Gasteiger partial charge in [-0.25, -0.2) is 14.8 Å². The molecule has 2 heterocycles. The highest BCUT2D eigenvalue weighted by atomic mass is 16.4. The van der Waals surface area contributed by atoms with Crippen LogP contribution in [0.4, 0.5) is 5.82 Å². The quantitative estimate of drug-likeness (QED) is 0.541. The number of furan rings is 1. The van der Waals surface area contributed by atoms with Gasteiger partial charge >= 0.3 is 5.97 Å². The summed E-state index contributed by atoms with van der Waals surface area (Å²) in [5.74, 6) is -0.160. The summed E-state index contributed by atoms with van der Waals surface area (Å²) in [6.07, 6.45) is 0. The average molecular weight is 361 g/mol. The van der Waals surface area contributed by atoms with Crippen molar-refractivity contribution in [2.45, 2.75) is 19.9 Å². The van der Waals surface area contributed by atoms with Crippen LogP contribution in [0.15, 0.2) is 59.0 Å². The summed E-state index contributed by atoms with van der Waals surface area (Å²) >= 11 is 0. The lowest BCUT2D eigenvalue weighted by molar-refractivity contribution is -0.138. The Bertz CT molecular complexity index is 1120. The van der Waals surface area contributed by atoms with Crippen molar-refractivity contribution in [1.29, 1.82) is 0 Å². The van der Waals surface area contributed by atoms with Crippen LogP contribution in [-0.2, 0) is 4.79 Å². The lowest BCUT2D eigenvalue weighted by Crippen LogP contribution is -2.34. The molecule has 0 saturated carbocycles. The number of fused-ring (bicyclic) bond motifs is 3. The van der Waals surface area contributed by atoms with Crippen molar-refractivity contribution in [2.24, 2.45) is 5.92 Å². The van der Waals surface area contributed by atoms with Crippen molar-refractivity contribution in [3.8, 4) is 11.4 Å². The van der Waals surface area contributed by atoms with Crippen LogP contribution in [0.3, 0.4) is 0 Å². The number of nitrogens with one attached hydrogen (secondary N) is 1. The fraction of sp³-hybridized carbons (Fsp3) is 0.190. The molecule has 4 aromatic rings. The summed E-state index contributed by atoms with van der Waals surface area (Å²) in [6.45, 7) is 3.70. The maximum absolute atomic E-state index is 11.7. The number of anilines is 1. The summed E-state index contributed by atoms with van der Waals surface area (Å²) in [5.41, 5.74) is 2.66. The molecule has 0 fully saturated rings. The Morgan fingerprint density at radius 1 is 1.04 bits per heavy atom. The van der Waals surface area contributed by atoms with E-state index in [1.54, 1.807) is 0 Å². The molecule has 0 radical (unpaired) electrons. The highest BCUT2D eigenvalue weighted by Crippen LogP contribution is 2.33. The maximum Gasteiger partial charge on any atom is 0.326 e. The number of rotatable bonds is 5. The molecule has 0 unspecified atom stereocenters. The van der Waals surface area contributed by atoms with Crippen LogP contribution >= 0.6 is 0 Å². The number of carboxylic acid groups (broad SMARTS) is 1. The van der Waals surface area contributed by atoms with E-state index in [2.05, 4.69) is 10.3 Å². The van der Waals surface area contributed by atoms with Crippen LogP contribution in [0.25, 0.3) is 33.5 Å². The second-order valence-corrected chi connectivity index (χ2v) is 6.74. The van der Waals surface area contributed by atoms with Gasteiger partial charge in [0.1, 0.15) is 17.1 Å². The molecule has 136 valence electrons. The number of para-hydroxylation sites is 1. The molecule has 4 rings (SSSR count). The Balaban J connectivity index is 1.96. The van der Waals surface area contributed by atoms with Gasteiger partial charge in [-0.1, -0.05) is 56.3 Å². The molecule has 0 aliphatic rings. The molecule has 1 atom stereocenters. The Hall–Kier alpha value is -3.41. The standard InChI is InChI=1S/C21H19N3O3/c1-12(2)16(21(25)26)22-20-18-17(14-10-6-7-11-15(14)27-18)23-19(24-20)13-8-4-3-5-9-13/h3-12,16H,1-2H3,(H,25,26)(H,22,23,24)/t16-/m1/s1. The predicted octanol–water partition coefficient (Wildman–Crippen LogP) is 4.56. The van der Waals surface area contributed by atoms with Gasteiger partial charge in [0, 0.05) is 10.9 Å². The molecule has 0 saturated heterocycles. The molecule has 2 N–H and O–H groups in total. The monoisotopic (exact) mass is 361 g/mol. The second kappa shape index (κ2) is 6.72. The number of nitrogens with zero attached hydrogens (tertiary/aromatic N) is 2. The van der Waals surface area contributed by atoms with Crippen molar-refractivity contribution in [1.82, 2.24) is 9.97 Å². The van der Waals surface area contributed by atoms with Gasteiger partial charge in [-0.05, 0) is 18.1 Å². The summed E-state index contributed by atoms with van der Waals surface area (Å²) in [5, 5.41) is 13.5. The van der Waals surface area contributed by atoms with E-state index in [9.17, 15) is 9.90 Å². The molecule has 0 bridgehead atoms. The minimum Gasteiger partial charge on any atom is -0.480 e. The Kier molecular flexibility index (Phi) is 4.24. The van der Waals surface area contributed by atoms with E-state index in [1.165, 1.54) is 0 Å². The molecule has 6 nitrogen and oxygen atoms in total. The molecule has 0 amide bonds. The SMILES string of the molecule is CC(C)[C@@H](Nc1nc(-c2ccccc2)nc2c1oc1ccccc12)C(=O)O. The van der Waals surface area contributed by atoms with Gasteiger partial charge in [-0.2, -0.15) is 0 Å².